The Bertz CT molecular complexity index is 1420. The van der Waals surface area contributed by atoms with Crippen LogP contribution in [0.15, 0.2) is 52.4 Å². The molecule has 0 aliphatic rings. The zero-order valence-electron chi connectivity index (χ0n) is 16.6. The summed E-state index contributed by atoms with van der Waals surface area (Å²) in [5, 5.41) is 3.03. The number of carbonyl (C=O) groups is 1. The first-order valence-electron chi connectivity index (χ1n) is 9.24. The normalized spacial score (nSPS) is 11.1. The smallest absolute Gasteiger partial charge is 0.271 e. The number of thiazole rings is 1. The molecule has 0 unspecified atom stereocenters. The lowest BCUT2D eigenvalue weighted by Gasteiger charge is -2.08. The molecule has 2 aromatic heterocycles. The number of hydrogen-bond donors (Lipinski definition) is 2. The zero-order valence-corrected chi connectivity index (χ0v) is 19.0. The summed E-state index contributed by atoms with van der Waals surface area (Å²) in [6.07, 6.45) is 0. The Hall–Kier alpha value is -2.82. The fourth-order valence-corrected chi connectivity index (χ4v) is 4.96. The van der Waals surface area contributed by atoms with Crippen molar-refractivity contribution in [3.05, 3.63) is 73.7 Å². The minimum absolute atomic E-state index is 0.0279. The number of H-pyrrole nitrogens is 1. The van der Waals surface area contributed by atoms with Gasteiger partial charge in [0.2, 0.25) is 5.91 Å². The average Bonchev–Trinajstić information content (AvgIpc) is 3.06. The quantitative estimate of drug-likeness (QED) is 0.243. The van der Waals surface area contributed by atoms with E-state index in [0.29, 0.717) is 30.7 Å². The molecule has 0 radical (unpaired) electrons. The molecule has 158 valence electrons. The second-order valence-corrected chi connectivity index (χ2v) is 9.42. The van der Waals surface area contributed by atoms with Crippen LogP contribution < -0.4 is 10.9 Å². The van der Waals surface area contributed by atoms with Gasteiger partial charge in [0.1, 0.15) is 10.5 Å². The first-order chi connectivity index (χ1) is 14.8. The van der Waals surface area contributed by atoms with Gasteiger partial charge in [0.25, 0.3) is 5.56 Å². The summed E-state index contributed by atoms with van der Waals surface area (Å²) in [4.78, 5) is 32.2. The molecule has 0 atom stereocenters. The first-order valence-corrected chi connectivity index (χ1v) is 11.4. The monoisotopic (exact) mass is 472 g/mol. The van der Waals surface area contributed by atoms with Crippen molar-refractivity contribution in [1.82, 2.24) is 14.5 Å². The van der Waals surface area contributed by atoms with E-state index in [1.165, 1.54) is 23.5 Å². The minimum atomic E-state index is -0.332. The fourth-order valence-electron chi connectivity index (χ4n) is 3.04. The molecule has 10 heteroatoms. The van der Waals surface area contributed by atoms with Crippen molar-refractivity contribution in [1.29, 1.82) is 0 Å². The lowest BCUT2D eigenvalue weighted by Crippen LogP contribution is -2.15. The van der Waals surface area contributed by atoms with Gasteiger partial charge in [-0.15, -0.1) is 0 Å². The Balaban J connectivity index is 1.60. The SMILES string of the molecule is Cc1cc(NC(=O)CSc2nc3c(sc(=S)n3-c3ccccc3C)c(=O)[nH]2)ccc1F. The van der Waals surface area contributed by atoms with Crippen molar-refractivity contribution < 1.29 is 9.18 Å². The molecule has 0 spiro atoms. The molecule has 1 amide bonds. The van der Waals surface area contributed by atoms with Crippen LogP contribution >= 0.6 is 35.3 Å². The minimum Gasteiger partial charge on any atom is -0.325 e. The number of rotatable bonds is 5. The first kappa shape index (κ1) is 21.4. The third-order valence-corrected chi connectivity index (χ3v) is 6.79. The number of benzene rings is 2. The van der Waals surface area contributed by atoms with Crippen LogP contribution in [-0.4, -0.2) is 26.2 Å². The van der Waals surface area contributed by atoms with E-state index in [0.717, 1.165) is 23.0 Å². The molecule has 0 fully saturated rings. The van der Waals surface area contributed by atoms with Crippen LogP contribution in [0.1, 0.15) is 11.1 Å². The van der Waals surface area contributed by atoms with Gasteiger partial charge >= 0.3 is 0 Å². The third kappa shape index (κ3) is 4.46. The maximum Gasteiger partial charge on any atom is 0.271 e. The summed E-state index contributed by atoms with van der Waals surface area (Å²) in [6, 6.07) is 12.1. The van der Waals surface area contributed by atoms with Crippen molar-refractivity contribution in [2.24, 2.45) is 0 Å². The number of nitrogens with zero attached hydrogens (tertiary/aromatic N) is 2. The Kier molecular flexibility index (Phi) is 6.03. The second kappa shape index (κ2) is 8.74. The van der Waals surface area contributed by atoms with Crippen molar-refractivity contribution in [3.63, 3.8) is 0 Å². The lowest BCUT2D eigenvalue weighted by atomic mass is 10.2. The van der Waals surface area contributed by atoms with Crippen LogP contribution in [-0.2, 0) is 4.79 Å². The lowest BCUT2D eigenvalue weighted by molar-refractivity contribution is -0.113. The van der Waals surface area contributed by atoms with Gasteiger partial charge in [-0.3, -0.25) is 14.2 Å². The van der Waals surface area contributed by atoms with Gasteiger partial charge in [0.05, 0.1) is 11.4 Å². The number of para-hydroxylation sites is 1. The highest BCUT2D eigenvalue weighted by Gasteiger charge is 2.15. The van der Waals surface area contributed by atoms with E-state index < -0.39 is 0 Å². The summed E-state index contributed by atoms with van der Waals surface area (Å²) in [7, 11) is 0. The molecule has 4 aromatic rings. The molecule has 2 aromatic carbocycles. The van der Waals surface area contributed by atoms with Gasteiger partial charge in [0, 0.05) is 5.69 Å². The molecule has 0 saturated carbocycles. The highest BCUT2D eigenvalue weighted by molar-refractivity contribution is 7.99. The Morgan fingerprint density at radius 1 is 1.26 bits per heavy atom. The van der Waals surface area contributed by atoms with E-state index in [4.69, 9.17) is 12.2 Å². The second-order valence-electron chi connectivity index (χ2n) is 6.81. The number of fused-ring (bicyclic) bond motifs is 1. The maximum atomic E-state index is 13.4. The van der Waals surface area contributed by atoms with E-state index in [-0.39, 0.29) is 23.0 Å². The molecule has 2 N–H and O–H groups in total. The number of aromatic nitrogens is 3. The van der Waals surface area contributed by atoms with Gasteiger partial charge < -0.3 is 10.3 Å². The average molecular weight is 473 g/mol. The molecule has 0 aliphatic heterocycles. The van der Waals surface area contributed by atoms with E-state index in [1.807, 2.05) is 31.2 Å². The van der Waals surface area contributed by atoms with Crippen molar-refractivity contribution in [3.8, 4) is 5.69 Å². The fraction of sp³-hybridized carbons (Fsp3) is 0.143. The van der Waals surface area contributed by atoms with Gasteiger partial charge in [-0.05, 0) is 61.5 Å². The molecule has 4 rings (SSSR count). The predicted molar refractivity (Wildman–Crippen MR) is 126 cm³/mol. The van der Waals surface area contributed by atoms with E-state index >= 15 is 0 Å². The van der Waals surface area contributed by atoms with E-state index in [1.54, 1.807) is 17.6 Å². The predicted octanol–water partition coefficient (Wildman–Crippen LogP) is 4.99. The number of hydrogen-bond acceptors (Lipinski definition) is 6. The highest BCUT2D eigenvalue weighted by atomic mass is 32.2. The molecule has 0 saturated heterocycles. The number of aromatic amines is 1. The van der Waals surface area contributed by atoms with Crippen LogP contribution in [0.3, 0.4) is 0 Å². The van der Waals surface area contributed by atoms with Gasteiger partial charge in [-0.2, -0.15) is 0 Å². The van der Waals surface area contributed by atoms with Crippen LogP contribution in [0.4, 0.5) is 10.1 Å². The summed E-state index contributed by atoms with van der Waals surface area (Å²) in [6.45, 7) is 3.59. The van der Waals surface area contributed by atoms with Crippen molar-refractivity contribution >= 4 is 57.3 Å². The summed E-state index contributed by atoms with van der Waals surface area (Å²) < 4.78 is 16.1. The number of nitrogens with one attached hydrogen (secondary N) is 2. The van der Waals surface area contributed by atoms with E-state index in [9.17, 15) is 14.0 Å². The summed E-state index contributed by atoms with van der Waals surface area (Å²) in [5.74, 6) is -0.596. The van der Waals surface area contributed by atoms with E-state index in [2.05, 4.69) is 15.3 Å². The van der Waals surface area contributed by atoms with Crippen LogP contribution in [0, 0.1) is 23.6 Å². The summed E-state index contributed by atoms with van der Waals surface area (Å²) in [5.41, 5.74) is 2.98. The molecule has 31 heavy (non-hydrogen) atoms. The van der Waals surface area contributed by atoms with Crippen LogP contribution in [0.2, 0.25) is 0 Å². The van der Waals surface area contributed by atoms with Crippen molar-refractivity contribution in [2.75, 3.05) is 11.1 Å². The molecule has 6 nitrogen and oxygen atoms in total. The molecule has 0 bridgehead atoms. The molecule has 0 aliphatic carbocycles. The Morgan fingerprint density at radius 3 is 2.77 bits per heavy atom. The number of anilines is 1. The number of carbonyl (C=O) groups excluding carboxylic acids is 1. The Labute approximate surface area is 190 Å². The largest absolute Gasteiger partial charge is 0.325 e. The molecular weight excluding hydrogens is 455 g/mol. The van der Waals surface area contributed by atoms with Gasteiger partial charge in [0.15, 0.2) is 14.8 Å². The van der Waals surface area contributed by atoms with Crippen molar-refractivity contribution in [2.45, 2.75) is 19.0 Å². The van der Waals surface area contributed by atoms with Crippen LogP contribution in [0.5, 0.6) is 0 Å². The zero-order chi connectivity index (χ0) is 22.1. The standard InChI is InChI=1S/C21H17FN4O2S3/c1-11-5-3-4-6-15(11)26-18-17(31-21(26)29)19(28)25-20(24-18)30-10-16(27)23-13-7-8-14(22)12(2)9-13/h3-9H,10H2,1-2H3,(H,23,27)(H,24,25,28). The molecule has 2 heterocycles. The Morgan fingerprint density at radius 2 is 2.03 bits per heavy atom. The van der Waals surface area contributed by atoms with Gasteiger partial charge in [-0.1, -0.05) is 41.3 Å². The number of aryl methyl sites for hydroxylation is 2. The number of amides is 1. The van der Waals surface area contributed by atoms with Gasteiger partial charge in [-0.25, -0.2) is 9.37 Å². The third-order valence-electron chi connectivity index (χ3n) is 4.56. The maximum absolute atomic E-state index is 13.4. The number of thioether (sulfide) groups is 1. The molecular formula is C21H17FN4O2S3. The van der Waals surface area contributed by atoms with Crippen LogP contribution in [0.25, 0.3) is 16.0 Å². The topological polar surface area (TPSA) is 79.8 Å². The highest BCUT2D eigenvalue weighted by Crippen LogP contribution is 2.26. The summed E-state index contributed by atoms with van der Waals surface area (Å²) >= 11 is 7.79. The number of halogens is 1.